The first-order chi connectivity index (χ1) is 9.93. The lowest BCUT2D eigenvalue weighted by Gasteiger charge is -2.30. The average Bonchev–Trinajstić information content (AvgIpc) is 3.04. The monoisotopic (exact) mass is 282 g/mol. The summed E-state index contributed by atoms with van der Waals surface area (Å²) in [5.74, 6) is 6.77. The van der Waals surface area contributed by atoms with Crippen LogP contribution in [0.3, 0.4) is 0 Å². The highest BCUT2D eigenvalue weighted by Crippen LogP contribution is 2.26. The molecule has 1 saturated heterocycles. The fraction of sp³-hybridized carbons (Fsp3) is 0.353. The lowest BCUT2D eigenvalue weighted by Crippen LogP contribution is -2.32. The predicted octanol–water partition coefficient (Wildman–Crippen LogP) is 3.72. The molecule has 102 valence electrons. The Bertz CT molecular complexity index is 574. The molecule has 1 fully saturated rings. The van der Waals surface area contributed by atoms with Gasteiger partial charge in [-0.2, -0.15) is 0 Å². The van der Waals surface area contributed by atoms with Crippen LogP contribution in [-0.4, -0.2) is 23.0 Å². The first-order valence-corrected chi connectivity index (χ1v) is 8.00. The van der Waals surface area contributed by atoms with Crippen LogP contribution in [0.25, 0.3) is 0 Å². The summed E-state index contributed by atoms with van der Waals surface area (Å²) in [4.78, 5) is 7.97. The van der Waals surface area contributed by atoms with Crippen molar-refractivity contribution in [1.29, 1.82) is 0 Å². The lowest BCUT2D eigenvalue weighted by molar-refractivity contribution is 0.199. The van der Waals surface area contributed by atoms with Gasteiger partial charge in [-0.15, -0.1) is 11.3 Å². The van der Waals surface area contributed by atoms with Gasteiger partial charge in [0.15, 0.2) is 0 Å². The van der Waals surface area contributed by atoms with E-state index in [0.29, 0.717) is 0 Å². The van der Waals surface area contributed by atoms with Crippen LogP contribution in [0, 0.1) is 11.8 Å². The average molecular weight is 282 g/mol. The Balaban J connectivity index is 1.84. The summed E-state index contributed by atoms with van der Waals surface area (Å²) < 4.78 is 0. The smallest absolute Gasteiger partial charge is 0.108 e. The maximum Gasteiger partial charge on any atom is 0.108 e. The van der Waals surface area contributed by atoms with E-state index in [4.69, 9.17) is 0 Å². The number of thiazole rings is 1. The van der Waals surface area contributed by atoms with Gasteiger partial charge in [0.25, 0.3) is 0 Å². The van der Waals surface area contributed by atoms with Crippen LogP contribution >= 0.6 is 11.3 Å². The van der Waals surface area contributed by atoms with Crippen molar-refractivity contribution in [3.8, 4) is 11.8 Å². The largest absolute Gasteiger partial charge is 0.285 e. The van der Waals surface area contributed by atoms with E-state index in [9.17, 15) is 0 Å². The van der Waals surface area contributed by atoms with Gasteiger partial charge in [-0.3, -0.25) is 9.88 Å². The van der Waals surface area contributed by atoms with Gasteiger partial charge < -0.3 is 0 Å². The van der Waals surface area contributed by atoms with Crippen molar-refractivity contribution in [3.63, 3.8) is 0 Å². The topological polar surface area (TPSA) is 16.1 Å². The zero-order chi connectivity index (χ0) is 13.6. The van der Waals surface area contributed by atoms with Crippen LogP contribution in [-0.2, 0) is 0 Å². The number of rotatable bonds is 2. The molecule has 2 nitrogen and oxygen atoms in total. The van der Waals surface area contributed by atoms with Crippen molar-refractivity contribution in [2.45, 2.75) is 25.3 Å². The molecule has 20 heavy (non-hydrogen) atoms. The molecule has 1 unspecified atom stereocenters. The van der Waals surface area contributed by atoms with E-state index in [1.54, 1.807) is 11.3 Å². The van der Waals surface area contributed by atoms with E-state index in [1.807, 2.05) is 29.9 Å². The Kier molecular flexibility index (Phi) is 4.47. The lowest BCUT2D eigenvalue weighted by atomic mass is 10.1. The minimum absolute atomic E-state index is 0.197. The summed E-state index contributed by atoms with van der Waals surface area (Å²) in [5.41, 5.74) is 2.98. The van der Waals surface area contributed by atoms with Crippen molar-refractivity contribution >= 4 is 11.3 Å². The molecule has 0 bridgehead atoms. The maximum atomic E-state index is 4.22. The van der Waals surface area contributed by atoms with E-state index < -0.39 is 0 Å². The summed E-state index contributed by atoms with van der Waals surface area (Å²) in [7, 11) is 0. The highest BCUT2D eigenvalue weighted by atomic mass is 32.1. The summed E-state index contributed by atoms with van der Waals surface area (Å²) in [6.07, 6.45) is 5.87. The summed E-state index contributed by atoms with van der Waals surface area (Å²) in [6, 6.07) is 10.4. The second-order valence-corrected chi connectivity index (χ2v) is 5.96. The molecule has 0 amide bonds. The van der Waals surface area contributed by atoms with Gasteiger partial charge >= 0.3 is 0 Å². The van der Waals surface area contributed by atoms with Gasteiger partial charge in [0.05, 0.1) is 10.4 Å². The Hall–Kier alpha value is -1.63. The molecule has 0 N–H and O–H groups in total. The van der Waals surface area contributed by atoms with Crippen LogP contribution in [0.2, 0.25) is 0 Å². The molecule has 1 aromatic heterocycles. The van der Waals surface area contributed by atoms with Crippen molar-refractivity contribution in [1.82, 2.24) is 9.88 Å². The summed E-state index contributed by atoms with van der Waals surface area (Å²) in [6.45, 7) is 2.29. The van der Waals surface area contributed by atoms with Crippen LogP contribution in [0.1, 0.15) is 35.7 Å². The molecular weight excluding hydrogens is 264 g/mol. The second kappa shape index (κ2) is 6.69. The highest BCUT2D eigenvalue weighted by Gasteiger charge is 2.21. The van der Waals surface area contributed by atoms with E-state index in [1.165, 1.54) is 24.1 Å². The normalized spacial score (nSPS) is 17.2. The third-order valence-corrected chi connectivity index (χ3v) is 4.43. The molecule has 1 aromatic carbocycles. The van der Waals surface area contributed by atoms with Crippen molar-refractivity contribution in [2.24, 2.45) is 0 Å². The fourth-order valence-corrected chi connectivity index (χ4v) is 3.25. The standard InChI is InChI=1S/C17H18N2S/c1-3-7-15(8-4-1)9-10-16(17-13-18-14-20-17)19-11-5-2-6-12-19/h1,3-4,7-8,13-14,16H,2,5-6,11-12H2. The number of likely N-dealkylation sites (tertiary alicyclic amines) is 1. The summed E-state index contributed by atoms with van der Waals surface area (Å²) in [5, 5.41) is 0. The molecule has 1 aliphatic rings. The molecule has 2 aromatic rings. The molecule has 0 spiro atoms. The summed E-state index contributed by atoms with van der Waals surface area (Å²) >= 11 is 1.70. The van der Waals surface area contributed by atoms with Crippen LogP contribution in [0.4, 0.5) is 0 Å². The minimum atomic E-state index is 0.197. The van der Waals surface area contributed by atoms with Crippen molar-refractivity contribution in [3.05, 3.63) is 52.5 Å². The molecule has 0 aliphatic carbocycles. The molecule has 3 heteroatoms. The molecule has 1 aliphatic heterocycles. The molecule has 2 heterocycles. The number of aromatic nitrogens is 1. The third-order valence-electron chi connectivity index (χ3n) is 3.60. The third kappa shape index (κ3) is 3.27. The van der Waals surface area contributed by atoms with Gasteiger partial charge in [0, 0.05) is 11.8 Å². The van der Waals surface area contributed by atoms with E-state index in [-0.39, 0.29) is 6.04 Å². The van der Waals surface area contributed by atoms with Gasteiger partial charge in [-0.05, 0) is 38.1 Å². The fourth-order valence-electron chi connectivity index (χ4n) is 2.55. The Labute approximate surface area is 124 Å². The van der Waals surface area contributed by atoms with Gasteiger partial charge in [-0.25, -0.2) is 0 Å². The first-order valence-electron chi connectivity index (χ1n) is 7.12. The van der Waals surface area contributed by atoms with Gasteiger partial charge in [0.1, 0.15) is 6.04 Å². The first kappa shape index (κ1) is 13.4. The number of piperidine rings is 1. The van der Waals surface area contributed by atoms with Crippen molar-refractivity contribution in [2.75, 3.05) is 13.1 Å². The molecule has 3 rings (SSSR count). The quantitative estimate of drug-likeness (QED) is 0.780. The Morgan fingerprint density at radius 3 is 2.60 bits per heavy atom. The number of hydrogen-bond acceptors (Lipinski definition) is 3. The maximum absolute atomic E-state index is 4.22. The van der Waals surface area contributed by atoms with E-state index in [0.717, 1.165) is 18.7 Å². The van der Waals surface area contributed by atoms with E-state index >= 15 is 0 Å². The van der Waals surface area contributed by atoms with Crippen LogP contribution in [0.15, 0.2) is 42.0 Å². The van der Waals surface area contributed by atoms with Crippen molar-refractivity contribution < 1.29 is 0 Å². The SMILES string of the molecule is C(#CC(c1cncs1)N1CCCCC1)c1ccccc1. The van der Waals surface area contributed by atoms with Gasteiger partial charge in [-0.1, -0.05) is 36.5 Å². The minimum Gasteiger partial charge on any atom is -0.285 e. The zero-order valence-electron chi connectivity index (χ0n) is 11.5. The highest BCUT2D eigenvalue weighted by molar-refractivity contribution is 7.09. The molecule has 0 saturated carbocycles. The van der Waals surface area contributed by atoms with E-state index in [2.05, 4.69) is 33.9 Å². The molecule has 0 radical (unpaired) electrons. The molecule has 1 atom stereocenters. The number of benzene rings is 1. The number of hydrogen-bond donors (Lipinski definition) is 0. The zero-order valence-corrected chi connectivity index (χ0v) is 12.3. The van der Waals surface area contributed by atoms with Crippen LogP contribution in [0.5, 0.6) is 0 Å². The van der Waals surface area contributed by atoms with Crippen LogP contribution < -0.4 is 0 Å². The molecular formula is C17H18N2S. The Morgan fingerprint density at radius 2 is 1.90 bits per heavy atom. The predicted molar refractivity (Wildman–Crippen MR) is 83.6 cm³/mol. The second-order valence-electron chi connectivity index (χ2n) is 5.04. The number of nitrogens with zero attached hydrogens (tertiary/aromatic N) is 2. The Morgan fingerprint density at radius 1 is 1.10 bits per heavy atom. The van der Waals surface area contributed by atoms with Gasteiger partial charge in [0.2, 0.25) is 0 Å².